The van der Waals surface area contributed by atoms with Crippen LogP contribution in [-0.2, 0) is 19.1 Å². The molecule has 0 spiro atoms. The molecular formula is C10H17NO6. The lowest BCUT2D eigenvalue weighted by atomic mass is 10.3. The number of carbonyl (C=O) groups excluding carboxylic acids is 2. The van der Waals surface area contributed by atoms with Crippen LogP contribution in [0.1, 0.15) is 19.8 Å². The highest BCUT2D eigenvalue weighted by Gasteiger charge is 2.18. The summed E-state index contributed by atoms with van der Waals surface area (Å²) in [7, 11) is 1.19. The third kappa shape index (κ3) is 7.15. The maximum absolute atomic E-state index is 11.3. The Kier molecular flexibility index (Phi) is 7.49. The standard InChI is InChI=1S/C10H17NO6/c1-3-17-9(14)7-11(10(15)16-2)6-4-5-8(12)13/h3-7H2,1-2H3,(H,12,13). The maximum atomic E-state index is 11.3. The van der Waals surface area contributed by atoms with Gasteiger partial charge in [-0.05, 0) is 13.3 Å². The molecule has 0 atom stereocenters. The molecule has 0 rings (SSSR count). The van der Waals surface area contributed by atoms with Crippen molar-refractivity contribution in [3.8, 4) is 0 Å². The molecule has 7 heteroatoms. The van der Waals surface area contributed by atoms with Gasteiger partial charge in [0, 0.05) is 13.0 Å². The van der Waals surface area contributed by atoms with Crippen molar-refractivity contribution < 1.29 is 29.0 Å². The van der Waals surface area contributed by atoms with Gasteiger partial charge in [0.1, 0.15) is 6.54 Å². The van der Waals surface area contributed by atoms with Gasteiger partial charge in [-0.3, -0.25) is 14.5 Å². The van der Waals surface area contributed by atoms with Crippen LogP contribution in [0.2, 0.25) is 0 Å². The Morgan fingerprint density at radius 3 is 2.41 bits per heavy atom. The molecule has 17 heavy (non-hydrogen) atoms. The maximum Gasteiger partial charge on any atom is 0.410 e. The van der Waals surface area contributed by atoms with Crippen LogP contribution in [0.5, 0.6) is 0 Å². The van der Waals surface area contributed by atoms with E-state index in [2.05, 4.69) is 9.47 Å². The summed E-state index contributed by atoms with van der Waals surface area (Å²) in [6.07, 6.45) is -0.497. The quantitative estimate of drug-likeness (QED) is 0.658. The van der Waals surface area contributed by atoms with Crippen LogP contribution >= 0.6 is 0 Å². The second-order valence-electron chi connectivity index (χ2n) is 3.19. The number of carboxylic acids is 1. The molecule has 0 aromatic heterocycles. The molecule has 0 aromatic carbocycles. The van der Waals surface area contributed by atoms with E-state index in [1.54, 1.807) is 6.92 Å². The Labute approximate surface area is 99.3 Å². The average Bonchev–Trinajstić information content (AvgIpc) is 2.26. The molecule has 0 aliphatic carbocycles. The zero-order chi connectivity index (χ0) is 13.3. The van der Waals surface area contributed by atoms with Gasteiger partial charge in [-0.15, -0.1) is 0 Å². The molecule has 98 valence electrons. The van der Waals surface area contributed by atoms with Gasteiger partial charge in [0.15, 0.2) is 0 Å². The van der Waals surface area contributed by atoms with Gasteiger partial charge in [0.05, 0.1) is 13.7 Å². The topological polar surface area (TPSA) is 93.1 Å². The van der Waals surface area contributed by atoms with Crippen LogP contribution in [0, 0.1) is 0 Å². The van der Waals surface area contributed by atoms with Crippen molar-refractivity contribution in [3.63, 3.8) is 0 Å². The second-order valence-corrected chi connectivity index (χ2v) is 3.19. The normalized spacial score (nSPS) is 9.53. The molecule has 0 bridgehead atoms. The largest absolute Gasteiger partial charge is 0.481 e. The second kappa shape index (κ2) is 8.37. The Morgan fingerprint density at radius 1 is 1.29 bits per heavy atom. The van der Waals surface area contributed by atoms with E-state index in [-0.39, 0.29) is 32.5 Å². The van der Waals surface area contributed by atoms with Gasteiger partial charge in [-0.2, -0.15) is 0 Å². The van der Waals surface area contributed by atoms with Crippen molar-refractivity contribution in [1.82, 2.24) is 4.90 Å². The molecule has 0 fully saturated rings. The predicted octanol–water partition coefficient (Wildman–Crippen LogP) is 0.483. The summed E-state index contributed by atoms with van der Waals surface area (Å²) < 4.78 is 9.17. The molecule has 0 heterocycles. The molecule has 0 aliphatic rings. The summed E-state index contributed by atoms with van der Waals surface area (Å²) >= 11 is 0. The molecule has 0 radical (unpaired) electrons. The summed E-state index contributed by atoms with van der Waals surface area (Å²) in [6.45, 7) is 1.78. The van der Waals surface area contributed by atoms with Crippen molar-refractivity contribution in [2.75, 3.05) is 26.8 Å². The van der Waals surface area contributed by atoms with Gasteiger partial charge in [0.25, 0.3) is 0 Å². The van der Waals surface area contributed by atoms with Gasteiger partial charge in [-0.1, -0.05) is 0 Å². The molecule has 0 unspecified atom stereocenters. The Morgan fingerprint density at radius 2 is 1.94 bits per heavy atom. The lowest BCUT2D eigenvalue weighted by molar-refractivity contribution is -0.144. The summed E-state index contributed by atoms with van der Waals surface area (Å²) in [4.78, 5) is 33.9. The number of esters is 1. The van der Waals surface area contributed by atoms with Gasteiger partial charge in [0.2, 0.25) is 0 Å². The molecule has 0 saturated carbocycles. The van der Waals surface area contributed by atoms with E-state index in [9.17, 15) is 14.4 Å². The highest BCUT2D eigenvalue weighted by Crippen LogP contribution is 1.99. The minimum Gasteiger partial charge on any atom is -0.481 e. The Hall–Kier alpha value is -1.79. The molecular weight excluding hydrogens is 230 g/mol. The van der Waals surface area contributed by atoms with E-state index in [0.717, 1.165) is 4.90 Å². The van der Waals surface area contributed by atoms with Gasteiger partial charge < -0.3 is 14.6 Å². The predicted molar refractivity (Wildman–Crippen MR) is 57.5 cm³/mol. The first kappa shape index (κ1) is 15.2. The van der Waals surface area contributed by atoms with Crippen LogP contribution in [0.3, 0.4) is 0 Å². The molecule has 1 N–H and O–H groups in total. The average molecular weight is 247 g/mol. The number of rotatable bonds is 7. The highest BCUT2D eigenvalue weighted by molar-refractivity contribution is 5.78. The van der Waals surface area contributed by atoms with Crippen LogP contribution in [0.4, 0.5) is 4.79 Å². The molecule has 0 aromatic rings. The van der Waals surface area contributed by atoms with Gasteiger partial charge in [-0.25, -0.2) is 4.79 Å². The fourth-order valence-corrected chi connectivity index (χ4v) is 1.15. The first-order valence-corrected chi connectivity index (χ1v) is 5.21. The number of hydrogen-bond acceptors (Lipinski definition) is 5. The number of aliphatic carboxylic acids is 1. The third-order valence-electron chi connectivity index (χ3n) is 1.88. The van der Waals surface area contributed by atoms with E-state index in [1.165, 1.54) is 7.11 Å². The number of ether oxygens (including phenoxy) is 2. The number of amides is 1. The fraction of sp³-hybridized carbons (Fsp3) is 0.700. The zero-order valence-electron chi connectivity index (χ0n) is 9.97. The number of hydrogen-bond donors (Lipinski definition) is 1. The van der Waals surface area contributed by atoms with Crippen LogP contribution < -0.4 is 0 Å². The van der Waals surface area contributed by atoms with Crippen molar-refractivity contribution >= 4 is 18.0 Å². The van der Waals surface area contributed by atoms with Crippen LogP contribution in [0.15, 0.2) is 0 Å². The minimum atomic E-state index is -0.953. The van der Waals surface area contributed by atoms with E-state index < -0.39 is 18.0 Å². The van der Waals surface area contributed by atoms with E-state index in [0.29, 0.717) is 0 Å². The Balaban J connectivity index is 4.19. The molecule has 7 nitrogen and oxygen atoms in total. The van der Waals surface area contributed by atoms with E-state index in [1.807, 2.05) is 0 Å². The van der Waals surface area contributed by atoms with Crippen molar-refractivity contribution in [2.45, 2.75) is 19.8 Å². The van der Waals surface area contributed by atoms with Crippen molar-refractivity contribution in [2.24, 2.45) is 0 Å². The number of carboxylic acid groups (broad SMARTS) is 1. The molecule has 1 amide bonds. The monoisotopic (exact) mass is 247 g/mol. The van der Waals surface area contributed by atoms with Gasteiger partial charge >= 0.3 is 18.0 Å². The number of nitrogens with zero attached hydrogens (tertiary/aromatic N) is 1. The summed E-state index contributed by atoms with van der Waals surface area (Å²) in [5.41, 5.74) is 0. The summed E-state index contributed by atoms with van der Waals surface area (Å²) in [5.74, 6) is -1.50. The van der Waals surface area contributed by atoms with E-state index in [4.69, 9.17) is 5.11 Å². The SMILES string of the molecule is CCOC(=O)CN(CCCC(=O)O)C(=O)OC. The molecule has 0 aliphatic heterocycles. The first-order valence-electron chi connectivity index (χ1n) is 5.21. The van der Waals surface area contributed by atoms with E-state index >= 15 is 0 Å². The third-order valence-corrected chi connectivity index (χ3v) is 1.88. The Bertz CT molecular complexity index is 278. The first-order chi connectivity index (χ1) is 8.01. The molecule has 0 saturated heterocycles. The van der Waals surface area contributed by atoms with Crippen LogP contribution in [-0.4, -0.2) is 54.8 Å². The fourth-order valence-electron chi connectivity index (χ4n) is 1.15. The minimum absolute atomic E-state index is 0.0731. The smallest absolute Gasteiger partial charge is 0.410 e. The number of carbonyl (C=O) groups is 3. The summed E-state index contributed by atoms with van der Waals surface area (Å²) in [5, 5.41) is 8.46. The lowest BCUT2D eigenvalue weighted by Crippen LogP contribution is -2.37. The number of methoxy groups -OCH3 is 1. The zero-order valence-corrected chi connectivity index (χ0v) is 9.97. The van der Waals surface area contributed by atoms with Crippen molar-refractivity contribution in [3.05, 3.63) is 0 Å². The highest BCUT2D eigenvalue weighted by atomic mass is 16.5. The van der Waals surface area contributed by atoms with Crippen LogP contribution in [0.25, 0.3) is 0 Å². The van der Waals surface area contributed by atoms with Crippen molar-refractivity contribution in [1.29, 1.82) is 0 Å². The lowest BCUT2D eigenvalue weighted by Gasteiger charge is -2.19. The summed E-state index contributed by atoms with van der Waals surface area (Å²) in [6, 6.07) is 0.